The zero-order chi connectivity index (χ0) is 13.3. The third-order valence-corrected chi connectivity index (χ3v) is 2.75. The number of rotatable bonds is 2. The molecule has 0 aliphatic heterocycles. The van der Waals surface area contributed by atoms with Crippen molar-refractivity contribution in [2.24, 2.45) is 10.8 Å². The molecule has 1 N–H and O–H groups in total. The molecule has 1 amide bonds. The summed E-state index contributed by atoms with van der Waals surface area (Å²) in [6, 6.07) is 3.48. The van der Waals surface area contributed by atoms with Gasteiger partial charge < -0.3 is 9.73 Å². The third-order valence-electron chi connectivity index (χ3n) is 2.75. The van der Waals surface area contributed by atoms with Gasteiger partial charge in [0.25, 0.3) is 5.91 Å². The summed E-state index contributed by atoms with van der Waals surface area (Å²) in [6.07, 6.45) is 1.51. The molecule has 3 nitrogen and oxygen atoms in total. The van der Waals surface area contributed by atoms with Crippen LogP contribution in [0.2, 0.25) is 0 Å². The number of amides is 1. The van der Waals surface area contributed by atoms with Crippen LogP contribution in [0.25, 0.3) is 0 Å². The standard InChI is InChI=1S/C14H23NO2/c1-13(2,3)12(14(4,5)6)15-11(16)10-8-7-9-17-10/h7-9,12H,1-6H3,(H,15,16). The summed E-state index contributed by atoms with van der Waals surface area (Å²) in [4.78, 5) is 12.0. The first-order chi connectivity index (χ1) is 7.62. The molecular weight excluding hydrogens is 214 g/mol. The Bertz CT molecular complexity index is 352. The van der Waals surface area contributed by atoms with E-state index in [4.69, 9.17) is 4.42 Å². The van der Waals surface area contributed by atoms with Crippen LogP contribution in [0.5, 0.6) is 0 Å². The fraction of sp³-hybridized carbons (Fsp3) is 0.643. The van der Waals surface area contributed by atoms with Gasteiger partial charge in [0.05, 0.1) is 6.26 Å². The SMILES string of the molecule is CC(C)(C)C(NC(=O)c1ccco1)C(C)(C)C. The first kappa shape index (κ1) is 13.8. The molecule has 0 radical (unpaired) electrons. The van der Waals surface area contributed by atoms with Crippen LogP contribution in [0.4, 0.5) is 0 Å². The van der Waals surface area contributed by atoms with E-state index in [0.717, 1.165) is 0 Å². The van der Waals surface area contributed by atoms with Crippen LogP contribution >= 0.6 is 0 Å². The van der Waals surface area contributed by atoms with Gasteiger partial charge in [-0.25, -0.2) is 0 Å². The van der Waals surface area contributed by atoms with Crippen LogP contribution in [-0.4, -0.2) is 11.9 Å². The fourth-order valence-corrected chi connectivity index (χ4v) is 2.34. The lowest BCUT2D eigenvalue weighted by molar-refractivity contribution is 0.0769. The van der Waals surface area contributed by atoms with Gasteiger partial charge in [-0.15, -0.1) is 0 Å². The molecule has 3 heteroatoms. The van der Waals surface area contributed by atoms with Gasteiger partial charge in [0.15, 0.2) is 5.76 Å². The van der Waals surface area contributed by atoms with E-state index in [9.17, 15) is 4.79 Å². The Morgan fingerprint density at radius 1 is 1.18 bits per heavy atom. The van der Waals surface area contributed by atoms with Crippen molar-refractivity contribution >= 4 is 5.91 Å². The quantitative estimate of drug-likeness (QED) is 0.855. The van der Waals surface area contributed by atoms with E-state index in [1.807, 2.05) is 0 Å². The lowest BCUT2D eigenvalue weighted by atomic mass is 9.72. The molecule has 0 atom stereocenters. The molecule has 1 rings (SSSR count). The maximum atomic E-state index is 12.0. The molecule has 0 aliphatic carbocycles. The zero-order valence-corrected chi connectivity index (χ0v) is 11.6. The second-order valence-corrected chi connectivity index (χ2v) is 6.62. The number of carbonyl (C=O) groups excluding carboxylic acids is 1. The minimum absolute atomic E-state index is 0.000499. The highest BCUT2D eigenvalue weighted by Gasteiger charge is 2.36. The molecule has 1 aromatic rings. The van der Waals surface area contributed by atoms with Gasteiger partial charge in [-0.2, -0.15) is 0 Å². The summed E-state index contributed by atoms with van der Waals surface area (Å²) in [5.41, 5.74) is 0.000998. The van der Waals surface area contributed by atoms with Crippen LogP contribution < -0.4 is 5.32 Å². The van der Waals surface area contributed by atoms with Crippen molar-refractivity contribution in [3.05, 3.63) is 24.2 Å². The lowest BCUT2D eigenvalue weighted by Crippen LogP contribution is -2.51. The molecular formula is C14H23NO2. The number of furan rings is 1. The Morgan fingerprint density at radius 2 is 1.71 bits per heavy atom. The van der Waals surface area contributed by atoms with E-state index in [0.29, 0.717) is 5.76 Å². The lowest BCUT2D eigenvalue weighted by Gasteiger charge is -2.41. The Kier molecular flexibility index (Phi) is 3.70. The van der Waals surface area contributed by atoms with Gasteiger partial charge in [0, 0.05) is 6.04 Å². The minimum Gasteiger partial charge on any atom is -0.459 e. The van der Waals surface area contributed by atoms with E-state index in [1.165, 1.54) is 6.26 Å². The van der Waals surface area contributed by atoms with Crippen molar-refractivity contribution in [3.63, 3.8) is 0 Å². The van der Waals surface area contributed by atoms with Crippen LogP contribution in [0, 0.1) is 10.8 Å². The first-order valence-electron chi connectivity index (χ1n) is 5.97. The number of hydrogen-bond acceptors (Lipinski definition) is 2. The number of hydrogen-bond donors (Lipinski definition) is 1. The molecule has 1 aromatic heterocycles. The first-order valence-corrected chi connectivity index (χ1v) is 5.97. The predicted octanol–water partition coefficient (Wildman–Crippen LogP) is 3.47. The van der Waals surface area contributed by atoms with E-state index >= 15 is 0 Å². The Labute approximate surface area is 104 Å². The maximum Gasteiger partial charge on any atom is 0.287 e. The molecule has 0 saturated heterocycles. The fourth-order valence-electron chi connectivity index (χ4n) is 2.34. The maximum absolute atomic E-state index is 12.0. The van der Waals surface area contributed by atoms with Gasteiger partial charge >= 0.3 is 0 Å². The van der Waals surface area contributed by atoms with Crippen molar-refractivity contribution < 1.29 is 9.21 Å². The Morgan fingerprint density at radius 3 is 2.06 bits per heavy atom. The highest BCUT2D eigenvalue weighted by molar-refractivity contribution is 5.91. The van der Waals surface area contributed by atoms with Crippen LogP contribution in [0.3, 0.4) is 0 Å². The molecule has 0 bridgehead atoms. The van der Waals surface area contributed by atoms with Crippen molar-refractivity contribution in [3.8, 4) is 0 Å². The molecule has 0 aromatic carbocycles. The van der Waals surface area contributed by atoms with Gasteiger partial charge in [0.1, 0.15) is 0 Å². The molecule has 0 fully saturated rings. The molecule has 0 spiro atoms. The second kappa shape index (κ2) is 4.55. The van der Waals surface area contributed by atoms with Gasteiger partial charge in [-0.3, -0.25) is 4.79 Å². The van der Waals surface area contributed by atoms with Crippen LogP contribution in [0.1, 0.15) is 52.1 Å². The largest absolute Gasteiger partial charge is 0.459 e. The number of carbonyl (C=O) groups is 1. The van der Waals surface area contributed by atoms with Crippen molar-refractivity contribution in [2.45, 2.75) is 47.6 Å². The second-order valence-electron chi connectivity index (χ2n) is 6.62. The van der Waals surface area contributed by atoms with Gasteiger partial charge in [0.2, 0.25) is 0 Å². The molecule has 96 valence electrons. The molecule has 1 heterocycles. The predicted molar refractivity (Wildman–Crippen MR) is 68.9 cm³/mol. The van der Waals surface area contributed by atoms with Crippen LogP contribution in [-0.2, 0) is 0 Å². The van der Waals surface area contributed by atoms with Gasteiger partial charge in [-0.1, -0.05) is 41.5 Å². The van der Waals surface area contributed by atoms with E-state index in [-0.39, 0.29) is 22.8 Å². The van der Waals surface area contributed by atoms with E-state index < -0.39 is 0 Å². The van der Waals surface area contributed by atoms with Crippen molar-refractivity contribution in [1.29, 1.82) is 0 Å². The summed E-state index contributed by atoms with van der Waals surface area (Å²) in [5, 5.41) is 3.07. The third kappa shape index (κ3) is 3.62. The zero-order valence-electron chi connectivity index (χ0n) is 11.6. The molecule has 0 aliphatic rings. The monoisotopic (exact) mass is 237 g/mol. The average molecular weight is 237 g/mol. The molecule has 0 saturated carbocycles. The summed E-state index contributed by atoms with van der Waals surface area (Å²) >= 11 is 0. The topological polar surface area (TPSA) is 42.2 Å². The minimum atomic E-state index is -0.148. The summed E-state index contributed by atoms with van der Waals surface area (Å²) in [6.45, 7) is 12.8. The van der Waals surface area contributed by atoms with Gasteiger partial charge in [-0.05, 0) is 23.0 Å². The van der Waals surface area contributed by atoms with Crippen LogP contribution in [0.15, 0.2) is 22.8 Å². The smallest absolute Gasteiger partial charge is 0.287 e. The molecule has 17 heavy (non-hydrogen) atoms. The van der Waals surface area contributed by atoms with E-state index in [1.54, 1.807) is 12.1 Å². The average Bonchev–Trinajstić information content (AvgIpc) is 2.62. The van der Waals surface area contributed by atoms with Crippen molar-refractivity contribution in [1.82, 2.24) is 5.32 Å². The highest BCUT2D eigenvalue weighted by atomic mass is 16.3. The Balaban J connectivity index is 2.85. The van der Waals surface area contributed by atoms with E-state index in [2.05, 4.69) is 46.9 Å². The Hall–Kier alpha value is -1.25. The normalized spacial score (nSPS) is 12.9. The highest BCUT2D eigenvalue weighted by Crippen LogP contribution is 2.33. The number of nitrogens with one attached hydrogen (secondary N) is 1. The van der Waals surface area contributed by atoms with Crippen molar-refractivity contribution in [2.75, 3.05) is 0 Å². The summed E-state index contributed by atoms with van der Waals surface area (Å²) < 4.78 is 5.11. The molecule has 0 unspecified atom stereocenters. The summed E-state index contributed by atoms with van der Waals surface area (Å²) in [5.74, 6) is 0.216. The summed E-state index contributed by atoms with van der Waals surface area (Å²) in [7, 11) is 0.